The van der Waals surface area contributed by atoms with Crippen molar-refractivity contribution < 1.29 is 18.8 Å². The lowest BCUT2D eigenvalue weighted by Crippen LogP contribution is -3.08. The first kappa shape index (κ1) is 19.8. The molecule has 0 aliphatic carbocycles. The molecule has 0 aromatic heterocycles. The van der Waals surface area contributed by atoms with E-state index in [2.05, 4.69) is 6.07 Å². The van der Waals surface area contributed by atoms with E-state index in [1.807, 2.05) is 43.4 Å². The molecule has 0 aliphatic rings. The molecule has 1 amide bonds. The number of carbonyl (C=O) groups excluding carboxylic acids is 1. The first-order valence-corrected chi connectivity index (χ1v) is 9.31. The van der Waals surface area contributed by atoms with Crippen molar-refractivity contribution in [3.63, 3.8) is 0 Å². The fourth-order valence-electron chi connectivity index (χ4n) is 3.28. The summed E-state index contributed by atoms with van der Waals surface area (Å²) in [5.41, 5.74) is 1.70. The fraction of sp³-hybridized carbons (Fsp3) is 0.261. The number of fused-ring (bicyclic) bond motifs is 1. The fourth-order valence-corrected chi connectivity index (χ4v) is 3.28. The molecule has 1 unspecified atom stereocenters. The van der Waals surface area contributed by atoms with Crippen LogP contribution in [0.1, 0.15) is 11.1 Å². The minimum atomic E-state index is -0.226. The van der Waals surface area contributed by atoms with E-state index in [9.17, 15) is 9.18 Å². The van der Waals surface area contributed by atoms with Crippen LogP contribution in [0.25, 0.3) is 10.8 Å². The molecular formula is C23H26FN2O2+. The summed E-state index contributed by atoms with van der Waals surface area (Å²) < 4.78 is 19.0. The van der Waals surface area contributed by atoms with Crippen LogP contribution in [0.2, 0.25) is 0 Å². The third-order valence-electron chi connectivity index (χ3n) is 4.86. The molecule has 0 fully saturated rings. The SMILES string of the molecule is COc1ccc2cc(CN(C)C(=O)C[NH+](C)Cc3ccccc3F)ccc2c1. The number of rotatable bonds is 7. The van der Waals surface area contributed by atoms with Crippen molar-refractivity contribution in [2.24, 2.45) is 0 Å². The molecule has 1 atom stereocenters. The van der Waals surface area contributed by atoms with Crippen molar-refractivity contribution in [2.45, 2.75) is 13.1 Å². The number of quaternary nitrogens is 1. The number of likely N-dealkylation sites (N-methyl/N-ethyl adjacent to an activating group) is 2. The highest BCUT2D eigenvalue weighted by Crippen LogP contribution is 2.22. The van der Waals surface area contributed by atoms with Crippen LogP contribution in [0, 0.1) is 5.82 Å². The highest BCUT2D eigenvalue weighted by molar-refractivity contribution is 5.84. The number of hydrogen-bond acceptors (Lipinski definition) is 2. The Morgan fingerprint density at radius 3 is 2.54 bits per heavy atom. The van der Waals surface area contributed by atoms with Crippen LogP contribution in [0.15, 0.2) is 60.7 Å². The van der Waals surface area contributed by atoms with Gasteiger partial charge in [-0.1, -0.05) is 36.4 Å². The lowest BCUT2D eigenvalue weighted by atomic mass is 10.1. The maximum absolute atomic E-state index is 13.8. The predicted octanol–water partition coefficient (Wildman–Crippen LogP) is 2.66. The van der Waals surface area contributed by atoms with Gasteiger partial charge in [-0.15, -0.1) is 0 Å². The van der Waals surface area contributed by atoms with E-state index in [0.29, 0.717) is 25.2 Å². The monoisotopic (exact) mass is 381 g/mol. The molecule has 3 rings (SSSR count). The molecule has 4 nitrogen and oxygen atoms in total. The first-order valence-electron chi connectivity index (χ1n) is 9.31. The van der Waals surface area contributed by atoms with Crippen LogP contribution in [0.3, 0.4) is 0 Å². The normalized spacial score (nSPS) is 12.0. The Balaban J connectivity index is 1.60. The van der Waals surface area contributed by atoms with E-state index in [1.54, 1.807) is 31.2 Å². The van der Waals surface area contributed by atoms with Crippen molar-refractivity contribution in [1.29, 1.82) is 0 Å². The Labute approximate surface area is 165 Å². The molecular weight excluding hydrogens is 355 g/mol. The van der Waals surface area contributed by atoms with Gasteiger partial charge in [-0.25, -0.2) is 4.39 Å². The van der Waals surface area contributed by atoms with E-state index >= 15 is 0 Å². The molecule has 0 saturated carbocycles. The summed E-state index contributed by atoms with van der Waals surface area (Å²) >= 11 is 0. The highest BCUT2D eigenvalue weighted by Gasteiger charge is 2.16. The Kier molecular flexibility index (Phi) is 6.26. The molecule has 3 aromatic carbocycles. The third-order valence-corrected chi connectivity index (χ3v) is 4.86. The number of hydrogen-bond donors (Lipinski definition) is 1. The summed E-state index contributed by atoms with van der Waals surface area (Å²) in [4.78, 5) is 15.2. The number of nitrogens with one attached hydrogen (secondary N) is 1. The van der Waals surface area contributed by atoms with Gasteiger partial charge in [0.15, 0.2) is 6.54 Å². The number of nitrogens with zero attached hydrogens (tertiary/aromatic N) is 1. The summed E-state index contributed by atoms with van der Waals surface area (Å²) in [6.45, 7) is 1.33. The lowest BCUT2D eigenvalue weighted by molar-refractivity contribution is -0.885. The molecule has 0 saturated heterocycles. The van der Waals surface area contributed by atoms with Crippen molar-refractivity contribution in [1.82, 2.24) is 4.90 Å². The summed E-state index contributed by atoms with van der Waals surface area (Å²) in [5, 5.41) is 2.22. The minimum absolute atomic E-state index is 0.0312. The van der Waals surface area contributed by atoms with Gasteiger partial charge < -0.3 is 14.5 Å². The third kappa shape index (κ3) is 4.87. The van der Waals surface area contributed by atoms with Crippen molar-refractivity contribution in [3.8, 4) is 5.75 Å². The van der Waals surface area contributed by atoms with Gasteiger partial charge in [0.05, 0.1) is 14.2 Å². The van der Waals surface area contributed by atoms with Crippen LogP contribution >= 0.6 is 0 Å². The van der Waals surface area contributed by atoms with Crippen molar-refractivity contribution in [2.75, 3.05) is 27.7 Å². The molecule has 0 bridgehead atoms. The zero-order chi connectivity index (χ0) is 20.1. The average Bonchev–Trinajstić information content (AvgIpc) is 2.69. The van der Waals surface area contributed by atoms with Gasteiger partial charge in [0, 0.05) is 19.2 Å². The van der Waals surface area contributed by atoms with Crippen LogP contribution in [0.4, 0.5) is 4.39 Å². The van der Waals surface area contributed by atoms with E-state index < -0.39 is 0 Å². The average molecular weight is 381 g/mol. The number of amides is 1. The van der Waals surface area contributed by atoms with Crippen LogP contribution in [0.5, 0.6) is 5.75 Å². The Morgan fingerprint density at radius 2 is 1.79 bits per heavy atom. The number of ether oxygens (including phenoxy) is 1. The number of benzene rings is 3. The summed E-state index contributed by atoms with van der Waals surface area (Å²) in [7, 11) is 5.36. The van der Waals surface area contributed by atoms with Crippen LogP contribution < -0.4 is 9.64 Å². The molecule has 3 aromatic rings. The molecule has 5 heteroatoms. The van der Waals surface area contributed by atoms with Crippen LogP contribution in [-0.4, -0.2) is 38.6 Å². The first-order chi connectivity index (χ1) is 13.5. The van der Waals surface area contributed by atoms with E-state index in [4.69, 9.17) is 4.74 Å². The van der Waals surface area contributed by atoms with Gasteiger partial charge in [0.25, 0.3) is 5.91 Å². The quantitative estimate of drug-likeness (QED) is 0.683. The second-order valence-corrected chi connectivity index (χ2v) is 7.20. The molecule has 0 heterocycles. The predicted molar refractivity (Wildman–Crippen MR) is 109 cm³/mol. The van der Waals surface area contributed by atoms with E-state index in [0.717, 1.165) is 27.0 Å². The summed E-state index contributed by atoms with van der Waals surface area (Å²) in [6, 6.07) is 18.8. The van der Waals surface area contributed by atoms with Crippen molar-refractivity contribution in [3.05, 3.63) is 77.6 Å². The Hall–Kier alpha value is -2.92. The maximum atomic E-state index is 13.8. The number of halogens is 1. The standard InChI is InChI=1S/C23H25FN2O2/c1-25(15-20-6-4-5-7-22(20)24)16-23(27)26(2)14-17-8-9-19-13-21(28-3)11-10-18(19)12-17/h4-13H,14-16H2,1-3H3/p+1. The molecule has 0 spiro atoms. The zero-order valence-corrected chi connectivity index (χ0v) is 16.5. The Morgan fingerprint density at radius 1 is 1.07 bits per heavy atom. The Bertz CT molecular complexity index is 974. The van der Waals surface area contributed by atoms with Gasteiger partial charge in [0.1, 0.15) is 18.1 Å². The van der Waals surface area contributed by atoms with E-state index in [-0.39, 0.29) is 11.7 Å². The van der Waals surface area contributed by atoms with Gasteiger partial charge in [-0.3, -0.25) is 4.79 Å². The van der Waals surface area contributed by atoms with Gasteiger partial charge in [-0.05, 0) is 40.6 Å². The van der Waals surface area contributed by atoms with E-state index in [1.165, 1.54) is 6.07 Å². The lowest BCUT2D eigenvalue weighted by Gasteiger charge is -2.20. The minimum Gasteiger partial charge on any atom is -0.497 e. The number of carbonyl (C=O) groups is 1. The molecule has 1 N–H and O–H groups in total. The molecule has 0 radical (unpaired) electrons. The zero-order valence-electron chi connectivity index (χ0n) is 16.5. The largest absolute Gasteiger partial charge is 0.497 e. The molecule has 146 valence electrons. The number of methoxy groups -OCH3 is 1. The molecule has 28 heavy (non-hydrogen) atoms. The van der Waals surface area contributed by atoms with Crippen molar-refractivity contribution >= 4 is 16.7 Å². The topological polar surface area (TPSA) is 34.0 Å². The van der Waals surface area contributed by atoms with Gasteiger partial charge in [0.2, 0.25) is 0 Å². The summed E-state index contributed by atoms with van der Waals surface area (Å²) in [5.74, 6) is 0.632. The van der Waals surface area contributed by atoms with Gasteiger partial charge >= 0.3 is 0 Å². The highest BCUT2D eigenvalue weighted by atomic mass is 19.1. The maximum Gasteiger partial charge on any atom is 0.277 e. The molecule has 0 aliphatic heterocycles. The second-order valence-electron chi connectivity index (χ2n) is 7.20. The van der Waals surface area contributed by atoms with Crippen LogP contribution in [-0.2, 0) is 17.9 Å². The van der Waals surface area contributed by atoms with Gasteiger partial charge in [-0.2, -0.15) is 0 Å². The second kappa shape index (κ2) is 8.85. The smallest absolute Gasteiger partial charge is 0.277 e. The summed E-state index contributed by atoms with van der Waals surface area (Å²) in [6.07, 6.45) is 0.